The second-order valence-corrected chi connectivity index (χ2v) is 5.64. The molecule has 0 saturated carbocycles. The van der Waals surface area contributed by atoms with Crippen LogP contribution in [0.25, 0.3) is 11.1 Å². The lowest BCUT2D eigenvalue weighted by Gasteiger charge is -2.12. The predicted octanol–water partition coefficient (Wildman–Crippen LogP) is 3.61. The maximum atomic E-state index is 5.89. The minimum absolute atomic E-state index is 0.430. The van der Waals surface area contributed by atoms with Gasteiger partial charge in [-0.25, -0.2) is 4.98 Å². The normalized spacial score (nSPS) is 12.9. The van der Waals surface area contributed by atoms with Crippen molar-refractivity contribution >= 4 is 0 Å². The molecule has 114 valence electrons. The Kier molecular flexibility index (Phi) is 3.72. The van der Waals surface area contributed by atoms with Crippen molar-refractivity contribution in [1.82, 2.24) is 15.0 Å². The summed E-state index contributed by atoms with van der Waals surface area (Å²) in [5.74, 6) is 0.662. The number of hydrogen-bond acceptors (Lipinski definition) is 4. The molecule has 0 unspecified atom stereocenters. The Hall–Kier alpha value is -2.75. The van der Waals surface area contributed by atoms with E-state index < -0.39 is 0 Å². The highest BCUT2D eigenvalue weighted by molar-refractivity contribution is 5.69. The maximum Gasteiger partial charge on any atom is 0.214 e. The summed E-state index contributed by atoms with van der Waals surface area (Å²) in [7, 11) is 0. The van der Waals surface area contributed by atoms with Gasteiger partial charge in [-0.05, 0) is 48.6 Å². The number of rotatable bonds is 4. The summed E-state index contributed by atoms with van der Waals surface area (Å²) in [5.41, 5.74) is 5.70. The molecule has 23 heavy (non-hydrogen) atoms. The summed E-state index contributed by atoms with van der Waals surface area (Å²) in [4.78, 5) is 13.2. The van der Waals surface area contributed by atoms with E-state index in [1.807, 2.05) is 36.5 Å². The zero-order chi connectivity index (χ0) is 15.5. The molecule has 0 saturated heterocycles. The van der Waals surface area contributed by atoms with Gasteiger partial charge in [0.1, 0.15) is 6.61 Å². The molecule has 3 aromatic heterocycles. The molecule has 3 heterocycles. The SMILES string of the molecule is c1ccc(COc2cc(-c3cccnc3)c3c(n2)CCC3)nc1. The minimum Gasteiger partial charge on any atom is -0.471 e. The molecule has 4 rings (SSSR count). The van der Waals surface area contributed by atoms with Crippen LogP contribution >= 0.6 is 0 Å². The van der Waals surface area contributed by atoms with Crippen LogP contribution in [0.5, 0.6) is 5.88 Å². The fourth-order valence-electron chi connectivity index (χ4n) is 3.00. The highest BCUT2D eigenvalue weighted by Gasteiger charge is 2.19. The number of fused-ring (bicyclic) bond motifs is 1. The summed E-state index contributed by atoms with van der Waals surface area (Å²) in [6.07, 6.45) is 8.71. The first-order chi connectivity index (χ1) is 11.4. The molecule has 0 amide bonds. The van der Waals surface area contributed by atoms with Gasteiger partial charge in [0, 0.05) is 35.9 Å². The van der Waals surface area contributed by atoms with E-state index in [-0.39, 0.29) is 0 Å². The molecule has 0 aromatic carbocycles. The quantitative estimate of drug-likeness (QED) is 0.739. The number of hydrogen-bond donors (Lipinski definition) is 0. The zero-order valence-corrected chi connectivity index (χ0v) is 12.8. The molecule has 0 atom stereocenters. The molecule has 1 aliphatic carbocycles. The molecule has 0 aliphatic heterocycles. The van der Waals surface area contributed by atoms with Crippen molar-refractivity contribution in [2.24, 2.45) is 0 Å². The van der Waals surface area contributed by atoms with Gasteiger partial charge in [-0.1, -0.05) is 12.1 Å². The third kappa shape index (κ3) is 2.93. The van der Waals surface area contributed by atoms with E-state index in [9.17, 15) is 0 Å². The van der Waals surface area contributed by atoms with Crippen molar-refractivity contribution in [3.05, 3.63) is 71.9 Å². The van der Waals surface area contributed by atoms with E-state index in [2.05, 4.69) is 21.0 Å². The van der Waals surface area contributed by atoms with Gasteiger partial charge >= 0.3 is 0 Å². The molecule has 0 N–H and O–H groups in total. The lowest BCUT2D eigenvalue weighted by atomic mass is 10.0. The lowest BCUT2D eigenvalue weighted by Crippen LogP contribution is -2.02. The third-order valence-corrected chi connectivity index (χ3v) is 4.09. The number of aromatic nitrogens is 3. The number of ether oxygens (including phenoxy) is 1. The van der Waals surface area contributed by atoms with Crippen molar-refractivity contribution in [3.63, 3.8) is 0 Å². The molecule has 4 heteroatoms. The molecule has 0 fully saturated rings. The molecular weight excluding hydrogens is 286 g/mol. The fourth-order valence-corrected chi connectivity index (χ4v) is 3.00. The first-order valence-corrected chi connectivity index (χ1v) is 7.86. The van der Waals surface area contributed by atoms with Crippen molar-refractivity contribution in [3.8, 4) is 17.0 Å². The van der Waals surface area contributed by atoms with Crippen molar-refractivity contribution in [2.45, 2.75) is 25.9 Å². The number of nitrogens with zero attached hydrogens (tertiary/aromatic N) is 3. The fraction of sp³-hybridized carbons (Fsp3) is 0.211. The Labute approximate surface area is 135 Å². The highest BCUT2D eigenvalue weighted by Crippen LogP contribution is 2.33. The van der Waals surface area contributed by atoms with E-state index in [4.69, 9.17) is 4.74 Å². The van der Waals surface area contributed by atoms with Gasteiger partial charge in [0.25, 0.3) is 0 Å². The second-order valence-electron chi connectivity index (χ2n) is 5.64. The van der Waals surface area contributed by atoms with E-state index in [0.717, 1.165) is 36.2 Å². The summed E-state index contributed by atoms with van der Waals surface area (Å²) >= 11 is 0. The van der Waals surface area contributed by atoms with Crippen molar-refractivity contribution < 1.29 is 4.74 Å². The van der Waals surface area contributed by atoms with Gasteiger partial charge in [-0.2, -0.15) is 0 Å². The molecule has 4 nitrogen and oxygen atoms in total. The molecule has 3 aromatic rings. The van der Waals surface area contributed by atoms with E-state index in [1.54, 1.807) is 12.4 Å². The topological polar surface area (TPSA) is 47.9 Å². The molecule has 0 bridgehead atoms. The Morgan fingerprint density at radius 1 is 1.04 bits per heavy atom. The maximum absolute atomic E-state index is 5.89. The molecule has 1 aliphatic rings. The van der Waals surface area contributed by atoms with E-state index in [0.29, 0.717) is 12.5 Å². The summed E-state index contributed by atoms with van der Waals surface area (Å²) in [6.45, 7) is 0.430. The standard InChI is InChI=1S/C19H17N3O/c1-2-10-21-15(6-1)13-23-19-11-17(14-5-4-9-20-12-14)16-7-3-8-18(16)22-19/h1-2,4-6,9-12H,3,7-8,13H2. The molecule has 0 spiro atoms. The van der Waals surface area contributed by atoms with Crippen LogP contribution in [0.2, 0.25) is 0 Å². The van der Waals surface area contributed by atoms with Gasteiger partial charge < -0.3 is 4.74 Å². The number of pyridine rings is 3. The van der Waals surface area contributed by atoms with Gasteiger partial charge in [0.2, 0.25) is 5.88 Å². The first-order valence-electron chi connectivity index (χ1n) is 7.86. The van der Waals surface area contributed by atoms with Crippen LogP contribution in [0, 0.1) is 0 Å². The Morgan fingerprint density at radius 3 is 2.87 bits per heavy atom. The van der Waals surface area contributed by atoms with Crippen LogP contribution in [-0.4, -0.2) is 15.0 Å². The van der Waals surface area contributed by atoms with Crippen LogP contribution in [0.3, 0.4) is 0 Å². The lowest BCUT2D eigenvalue weighted by molar-refractivity contribution is 0.288. The van der Waals surface area contributed by atoms with Crippen LogP contribution in [-0.2, 0) is 19.4 Å². The first kappa shape index (κ1) is 13.9. The smallest absolute Gasteiger partial charge is 0.214 e. The van der Waals surface area contributed by atoms with Crippen molar-refractivity contribution in [2.75, 3.05) is 0 Å². The van der Waals surface area contributed by atoms with Gasteiger partial charge in [0.15, 0.2) is 0 Å². The molecular formula is C19H17N3O. The predicted molar refractivity (Wildman–Crippen MR) is 88.1 cm³/mol. The van der Waals surface area contributed by atoms with Gasteiger partial charge in [0.05, 0.1) is 5.69 Å². The molecule has 0 radical (unpaired) electrons. The van der Waals surface area contributed by atoms with Crippen molar-refractivity contribution in [1.29, 1.82) is 0 Å². The summed E-state index contributed by atoms with van der Waals surface area (Å²) in [6, 6.07) is 11.9. The Bertz CT molecular complexity index is 804. The van der Waals surface area contributed by atoms with Crippen LogP contribution in [0.4, 0.5) is 0 Å². The monoisotopic (exact) mass is 303 g/mol. The Balaban J connectivity index is 1.66. The minimum atomic E-state index is 0.430. The van der Waals surface area contributed by atoms with Gasteiger partial charge in [-0.3, -0.25) is 9.97 Å². The van der Waals surface area contributed by atoms with Crippen LogP contribution in [0.1, 0.15) is 23.4 Å². The average Bonchev–Trinajstić information content (AvgIpc) is 3.09. The Morgan fingerprint density at radius 2 is 2.04 bits per heavy atom. The highest BCUT2D eigenvalue weighted by atomic mass is 16.5. The summed E-state index contributed by atoms with van der Waals surface area (Å²) < 4.78 is 5.89. The number of aryl methyl sites for hydroxylation is 1. The van der Waals surface area contributed by atoms with E-state index >= 15 is 0 Å². The van der Waals surface area contributed by atoms with Crippen LogP contribution in [0.15, 0.2) is 55.0 Å². The zero-order valence-electron chi connectivity index (χ0n) is 12.8. The third-order valence-electron chi connectivity index (χ3n) is 4.09. The largest absolute Gasteiger partial charge is 0.471 e. The van der Waals surface area contributed by atoms with Crippen LogP contribution < -0.4 is 4.74 Å². The van der Waals surface area contributed by atoms with E-state index in [1.165, 1.54) is 11.1 Å². The summed E-state index contributed by atoms with van der Waals surface area (Å²) in [5, 5.41) is 0. The second kappa shape index (κ2) is 6.16. The average molecular weight is 303 g/mol. The van der Waals surface area contributed by atoms with Gasteiger partial charge in [-0.15, -0.1) is 0 Å².